The maximum Gasteiger partial charge on any atom is 0.244 e. The molecule has 0 saturated carbocycles. The molecular weight excluding hydrogens is 368 g/mol. The van der Waals surface area contributed by atoms with Gasteiger partial charge in [-0.05, 0) is 29.8 Å². The monoisotopic (exact) mass is 382 g/mol. The van der Waals surface area contributed by atoms with Crippen molar-refractivity contribution in [1.29, 1.82) is 0 Å². The number of benzene rings is 2. The molecule has 1 N–H and O–H groups in total. The third-order valence-electron chi connectivity index (χ3n) is 2.65. The van der Waals surface area contributed by atoms with Gasteiger partial charge in [-0.2, -0.15) is 5.10 Å². The molecule has 0 radical (unpaired) electrons. The van der Waals surface area contributed by atoms with Gasteiger partial charge in [-0.3, -0.25) is 0 Å². The van der Waals surface area contributed by atoms with E-state index in [0.29, 0.717) is 17.9 Å². The van der Waals surface area contributed by atoms with Crippen LogP contribution in [0.3, 0.4) is 0 Å². The van der Waals surface area contributed by atoms with E-state index in [4.69, 9.17) is 4.74 Å². The lowest BCUT2D eigenvalue weighted by Gasteiger charge is -2.09. The molecule has 0 amide bonds. The Morgan fingerprint density at radius 3 is 2.55 bits per heavy atom. The number of ether oxygens (including phenoxy) is 1. The standard InChI is InChI=1S/C15H15BrN2O3S/c1-22(19,20)18-17-10-13-4-2-3-5-15(13)21-11-12-6-8-14(16)9-7-12/h2-10,18H,11H2,1H3. The Balaban J connectivity index is 2.06. The van der Waals surface area contributed by atoms with Crippen LogP contribution in [0, 0.1) is 0 Å². The van der Waals surface area contributed by atoms with Gasteiger partial charge in [0.1, 0.15) is 12.4 Å². The summed E-state index contributed by atoms with van der Waals surface area (Å²) in [6.45, 7) is 0.414. The second kappa shape index (κ2) is 7.42. The fourth-order valence-electron chi connectivity index (χ4n) is 1.65. The Morgan fingerprint density at radius 1 is 1.18 bits per heavy atom. The van der Waals surface area contributed by atoms with Gasteiger partial charge in [0, 0.05) is 10.0 Å². The van der Waals surface area contributed by atoms with E-state index in [9.17, 15) is 8.42 Å². The number of nitrogens with one attached hydrogen (secondary N) is 1. The summed E-state index contributed by atoms with van der Waals surface area (Å²) in [5, 5.41) is 3.69. The normalized spacial score (nSPS) is 11.5. The van der Waals surface area contributed by atoms with Crippen LogP contribution in [-0.2, 0) is 16.6 Å². The Kier molecular flexibility index (Phi) is 5.57. The van der Waals surface area contributed by atoms with Gasteiger partial charge in [0.05, 0.1) is 12.5 Å². The first-order valence-electron chi connectivity index (χ1n) is 6.40. The van der Waals surface area contributed by atoms with Crippen LogP contribution in [0.15, 0.2) is 58.1 Å². The molecule has 0 unspecified atom stereocenters. The molecule has 0 atom stereocenters. The van der Waals surface area contributed by atoms with Crippen LogP contribution in [0.4, 0.5) is 0 Å². The first kappa shape index (κ1) is 16.5. The van der Waals surface area contributed by atoms with Crippen LogP contribution in [-0.4, -0.2) is 20.9 Å². The molecule has 2 rings (SSSR count). The zero-order chi connectivity index (χ0) is 16.0. The minimum atomic E-state index is -3.36. The fraction of sp³-hybridized carbons (Fsp3) is 0.133. The SMILES string of the molecule is CS(=O)(=O)NN=Cc1ccccc1OCc1ccc(Br)cc1. The third kappa shape index (κ3) is 5.50. The second-order valence-corrected chi connectivity index (χ2v) is 7.22. The Hall–Kier alpha value is -1.86. The maximum absolute atomic E-state index is 11.0. The molecular formula is C15H15BrN2O3S. The van der Waals surface area contributed by atoms with Gasteiger partial charge in [0.2, 0.25) is 10.0 Å². The van der Waals surface area contributed by atoms with Gasteiger partial charge in [-0.1, -0.05) is 40.2 Å². The lowest BCUT2D eigenvalue weighted by atomic mass is 10.2. The van der Waals surface area contributed by atoms with Crippen molar-refractivity contribution in [2.24, 2.45) is 5.10 Å². The van der Waals surface area contributed by atoms with Crippen molar-refractivity contribution in [3.63, 3.8) is 0 Å². The van der Waals surface area contributed by atoms with E-state index in [0.717, 1.165) is 16.3 Å². The Bertz CT molecular complexity index is 759. The second-order valence-electron chi connectivity index (χ2n) is 4.57. The predicted octanol–water partition coefficient (Wildman–Crippen LogP) is 2.91. The highest BCUT2D eigenvalue weighted by Gasteiger charge is 2.02. The van der Waals surface area contributed by atoms with E-state index in [-0.39, 0.29) is 0 Å². The van der Waals surface area contributed by atoms with E-state index < -0.39 is 10.0 Å². The van der Waals surface area contributed by atoms with Gasteiger partial charge in [0.25, 0.3) is 0 Å². The number of para-hydroxylation sites is 1. The zero-order valence-corrected chi connectivity index (χ0v) is 14.3. The molecule has 0 aromatic heterocycles. The Labute approximate surface area is 138 Å². The quantitative estimate of drug-likeness (QED) is 0.616. The molecule has 0 aliphatic carbocycles. The van der Waals surface area contributed by atoms with Crippen molar-refractivity contribution in [1.82, 2.24) is 4.83 Å². The summed E-state index contributed by atoms with van der Waals surface area (Å²) in [5.74, 6) is 0.629. The van der Waals surface area contributed by atoms with Gasteiger partial charge < -0.3 is 4.74 Å². The molecule has 22 heavy (non-hydrogen) atoms. The molecule has 2 aromatic rings. The molecule has 5 nitrogen and oxygen atoms in total. The summed E-state index contributed by atoms with van der Waals surface area (Å²) in [6, 6.07) is 15.1. The van der Waals surface area contributed by atoms with Crippen LogP contribution < -0.4 is 9.57 Å². The maximum atomic E-state index is 11.0. The smallest absolute Gasteiger partial charge is 0.244 e. The number of hydrogen-bond donors (Lipinski definition) is 1. The van der Waals surface area contributed by atoms with E-state index in [1.807, 2.05) is 36.4 Å². The molecule has 0 bridgehead atoms. The molecule has 0 fully saturated rings. The highest BCUT2D eigenvalue weighted by atomic mass is 79.9. The van der Waals surface area contributed by atoms with Crippen LogP contribution >= 0.6 is 15.9 Å². The average Bonchev–Trinajstić information content (AvgIpc) is 2.46. The first-order chi connectivity index (χ1) is 10.4. The van der Waals surface area contributed by atoms with Crippen molar-refractivity contribution >= 4 is 32.2 Å². The number of sulfonamides is 1. The van der Waals surface area contributed by atoms with Gasteiger partial charge in [0.15, 0.2) is 0 Å². The van der Waals surface area contributed by atoms with Crippen LogP contribution in [0.2, 0.25) is 0 Å². The highest BCUT2D eigenvalue weighted by Crippen LogP contribution is 2.18. The summed E-state index contributed by atoms with van der Waals surface area (Å²) < 4.78 is 28.7. The van der Waals surface area contributed by atoms with Crippen molar-refractivity contribution in [2.45, 2.75) is 6.61 Å². The van der Waals surface area contributed by atoms with Gasteiger partial charge >= 0.3 is 0 Å². The molecule has 7 heteroatoms. The van der Waals surface area contributed by atoms with E-state index in [2.05, 4.69) is 25.9 Å². The number of hydrogen-bond acceptors (Lipinski definition) is 4. The average molecular weight is 383 g/mol. The number of rotatable bonds is 6. The van der Waals surface area contributed by atoms with Crippen LogP contribution in [0.5, 0.6) is 5.75 Å². The van der Waals surface area contributed by atoms with Crippen LogP contribution in [0.1, 0.15) is 11.1 Å². The number of nitrogens with zero attached hydrogens (tertiary/aromatic N) is 1. The van der Waals surface area contributed by atoms with Crippen molar-refractivity contribution in [2.75, 3.05) is 6.26 Å². The predicted molar refractivity (Wildman–Crippen MR) is 90.5 cm³/mol. The molecule has 2 aromatic carbocycles. The van der Waals surface area contributed by atoms with Crippen molar-refractivity contribution in [3.8, 4) is 5.75 Å². The molecule has 0 aliphatic heterocycles. The molecule has 0 spiro atoms. The van der Waals surface area contributed by atoms with E-state index >= 15 is 0 Å². The topological polar surface area (TPSA) is 67.8 Å². The molecule has 116 valence electrons. The summed E-state index contributed by atoms with van der Waals surface area (Å²) in [5.41, 5.74) is 1.72. The van der Waals surface area contributed by atoms with Crippen molar-refractivity contribution < 1.29 is 13.2 Å². The zero-order valence-electron chi connectivity index (χ0n) is 11.9. The van der Waals surface area contributed by atoms with Gasteiger partial charge in [-0.25, -0.2) is 13.2 Å². The fourth-order valence-corrected chi connectivity index (χ4v) is 2.16. The number of hydrazone groups is 1. The minimum absolute atomic E-state index is 0.414. The number of halogens is 1. The van der Waals surface area contributed by atoms with E-state index in [1.54, 1.807) is 12.1 Å². The largest absolute Gasteiger partial charge is 0.488 e. The summed E-state index contributed by atoms with van der Waals surface area (Å²) in [6.07, 6.45) is 2.46. The van der Waals surface area contributed by atoms with Crippen LogP contribution in [0.25, 0.3) is 0 Å². The lowest BCUT2D eigenvalue weighted by Crippen LogP contribution is -2.15. The highest BCUT2D eigenvalue weighted by molar-refractivity contribution is 9.10. The third-order valence-corrected chi connectivity index (χ3v) is 3.61. The Morgan fingerprint density at radius 2 is 1.86 bits per heavy atom. The first-order valence-corrected chi connectivity index (χ1v) is 9.08. The molecule has 0 heterocycles. The van der Waals surface area contributed by atoms with E-state index in [1.165, 1.54) is 6.21 Å². The molecule has 0 aliphatic rings. The lowest BCUT2D eigenvalue weighted by molar-refractivity contribution is 0.306. The van der Waals surface area contributed by atoms with Gasteiger partial charge in [-0.15, -0.1) is 0 Å². The summed E-state index contributed by atoms with van der Waals surface area (Å²) >= 11 is 3.38. The minimum Gasteiger partial charge on any atom is -0.488 e. The van der Waals surface area contributed by atoms with Crippen molar-refractivity contribution in [3.05, 3.63) is 64.1 Å². The summed E-state index contributed by atoms with van der Waals surface area (Å²) in [4.78, 5) is 2.06. The summed E-state index contributed by atoms with van der Waals surface area (Å²) in [7, 11) is -3.36. The molecule has 0 saturated heterocycles.